The molecule has 1 aromatic heterocycles. The summed E-state index contributed by atoms with van der Waals surface area (Å²) >= 11 is 0. The maximum absolute atomic E-state index is 8.73. The SMILES string of the molecule is CCC1CCC(N(C)c2cccc(C(N)=NO)n2)CC1. The highest BCUT2D eigenvalue weighted by molar-refractivity contribution is 5.95. The number of oxime groups is 1. The largest absolute Gasteiger partial charge is 0.409 e. The van der Waals surface area contributed by atoms with E-state index in [0.717, 1.165) is 11.7 Å². The first-order valence-corrected chi connectivity index (χ1v) is 7.33. The number of hydrogen-bond acceptors (Lipinski definition) is 4. The molecule has 0 aliphatic heterocycles. The predicted octanol–water partition coefficient (Wildman–Crippen LogP) is 2.58. The van der Waals surface area contributed by atoms with Crippen LogP contribution in [0, 0.1) is 5.92 Å². The summed E-state index contributed by atoms with van der Waals surface area (Å²) in [6, 6.07) is 6.15. The lowest BCUT2D eigenvalue weighted by molar-refractivity contribution is 0.313. The summed E-state index contributed by atoms with van der Waals surface area (Å²) in [7, 11) is 2.08. The molecule has 5 nitrogen and oxygen atoms in total. The van der Waals surface area contributed by atoms with E-state index in [0.29, 0.717) is 11.7 Å². The van der Waals surface area contributed by atoms with Crippen LogP contribution in [0.5, 0.6) is 0 Å². The lowest BCUT2D eigenvalue weighted by Crippen LogP contribution is -2.36. The maximum atomic E-state index is 8.73. The molecule has 1 aliphatic rings. The lowest BCUT2D eigenvalue weighted by atomic mass is 9.84. The lowest BCUT2D eigenvalue weighted by Gasteiger charge is -2.35. The Morgan fingerprint density at radius 2 is 2.10 bits per heavy atom. The van der Waals surface area contributed by atoms with Crippen LogP contribution in [-0.4, -0.2) is 29.1 Å². The van der Waals surface area contributed by atoms with E-state index < -0.39 is 0 Å². The van der Waals surface area contributed by atoms with Crippen molar-refractivity contribution in [2.75, 3.05) is 11.9 Å². The second-order valence-electron chi connectivity index (χ2n) is 5.56. The number of aromatic nitrogens is 1. The Kier molecular flexibility index (Phi) is 4.82. The molecule has 5 heteroatoms. The molecule has 3 N–H and O–H groups in total. The van der Waals surface area contributed by atoms with Gasteiger partial charge in [-0.2, -0.15) is 0 Å². The molecule has 110 valence electrons. The Morgan fingerprint density at radius 1 is 1.40 bits per heavy atom. The van der Waals surface area contributed by atoms with Crippen molar-refractivity contribution in [1.82, 2.24) is 4.98 Å². The first-order valence-electron chi connectivity index (χ1n) is 7.33. The molecule has 1 saturated carbocycles. The molecule has 2 rings (SSSR count). The molecule has 0 unspecified atom stereocenters. The average molecular weight is 276 g/mol. The predicted molar refractivity (Wildman–Crippen MR) is 81.2 cm³/mol. The third kappa shape index (κ3) is 3.21. The van der Waals surface area contributed by atoms with Gasteiger partial charge in [0.25, 0.3) is 0 Å². The Morgan fingerprint density at radius 3 is 2.70 bits per heavy atom. The van der Waals surface area contributed by atoms with Crippen LogP contribution >= 0.6 is 0 Å². The molecule has 0 spiro atoms. The number of hydrogen-bond donors (Lipinski definition) is 2. The van der Waals surface area contributed by atoms with Crippen LogP contribution in [0.15, 0.2) is 23.4 Å². The number of rotatable bonds is 4. The van der Waals surface area contributed by atoms with E-state index in [1.54, 1.807) is 6.07 Å². The average Bonchev–Trinajstić information content (AvgIpc) is 2.53. The van der Waals surface area contributed by atoms with Gasteiger partial charge in [-0.1, -0.05) is 24.6 Å². The molecule has 0 atom stereocenters. The van der Waals surface area contributed by atoms with Crippen molar-refractivity contribution < 1.29 is 5.21 Å². The van der Waals surface area contributed by atoms with E-state index >= 15 is 0 Å². The molecule has 20 heavy (non-hydrogen) atoms. The molecular formula is C15H24N4O. The summed E-state index contributed by atoms with van der Waals surface area (Å²) in [5.74, 6) is 1.82. The zero-order valence-electron chi connectivity index (χ0n) is 12.3. The summed E-state index contributed by atoms with van der Waals surface area (Å²) in [4.78, 5) is 6.69. The Balaban J connectivity index is 2.08. The quantitative estimate of drug-likeness (QED) is 0.383. The summed E-state index contributed by atoms with van der Waals surface area (Å²) in [5.41, 5.74) is 6.11. The standard InChI is InChI=1S/C15H24N4O/c1-3-11-7-9-12(10-8-11)19(2)14-6-4-5-13(17-14)15(16)18-20/h4-6,11-12,20H,3,7-10H2,1-2H3,(H2,16,18). The fraction of sp³-hybridized carbons (Fsp3) is 0.600. The van der Waals surface area contributed by atoms with Gasteiger partial charge in [-0.3, -0.25) is 0 Å². The first-order chi connectivity index (χ1) is 9.65. The topological polar surface area (TPSA) is 74.7 Å². The molecule has 0 aromatic carbocycles. The van der Waals surface area contributed by atoms with Crippen LogP contribution in [-0.2, 0) is 0 Å². The van der Waals surface area contributed by atoms with Crippen LogP contribution in [0.3, 0.4) is 0 Å². The van der Waals surface area contributed by atoms with E-state index in [1.807, 2.05) is 12.1 Å². The second-order valence-corrected chi connectivity index (χ2v) is 5.56. The molecule has 0 bridgehead atoms. The summed E-state index contributed by atoms with van der Waals surface area (Å²) in [6.07, 6.45) is 6.31. The van der Waals surface area contributed by atoms with Crippen molar-refractivity contribution in [1.29, 1.82) is 0 Å². The normalized spacial score (nSPS) is 23.6. The van der Waals surface area contributed by atoms with Gasteiger partial charge >= 0.3 is 0 Å². The highest BCUT2D eigenvalue weighted by Crippen LogP contribution is 2.30. The number of anilines is 1. The molecule has 0 saturated heterocycles. The summed E-state index contributed by atoms with van der Waals surface area (Å²) in [5, 5.41) is 11.7. The van der Waals surface area contributed by atoms with Crippen LogP contribution in [0.1, 0.15) is 44.7 Å². The minimum atomic E-state index is 0.0509. The van der Waals surface area contributed by atoms with Crippen molar-refractivity contribution in [3.8, 4) is 0 Å². The van der Waals surface area contributed by atoms with Gasteiger partial charge in [0.1, 0.15) is 11.5 Å². The molecule has 1 fully saturated rings. The van der Waals surface area contributed by atoms with E-state index in [9.17, 15) is 0 Å². The van der Waals surface area contributed by atoms with Gasteiger partial charge in [-0.05, 0) is 43.7 Å². The van der Waals surface area contributed by atoms with Gasteiger partial charge in [0.15, 0.2) is 5.84 Å². The summed E-state index contributed by atoms with van der Waals surface area (Å²) < 4.78 is 0. The van der Waals surface area contributed by atoms with E-state index in [1.165, 1.54) is 32.1 Å². The van der Waals surface area contributed by atoms with Gasteiger partial charge in [0.2, 0.25) is 0 Å². The summed E-state index contributed by atoms with van der Waals surface area (Å²) in [6.45, 7) is 2.27. The van der Waals surface area contributed by atoms with Crippen LogP contribution < -0.4 is 10.6 Å². The van der Waals surface area contributed by atoms with E-state index in [-0.39, 0.29) is 5.84 Å². The van der Waals surface area contributed by atoms with Gasteiger partial charge in [-0.25, -0.2) is 4.98 Å². The molecule has 1 aliphatic carbocycles. The molecule has 0 amide bonds. The number of nitrogens with two attached hydrogens (primary N) is 1. The second kappa shape index (κ2) is 6.59. The number of nitrogens with zero attached hydrogens (tertiary/aromatic N) is 3. The first kappa shape index (κ1) is 14.6. The Bertz CT molecular complexity index is 467. The maximum Gasteiger partial charge on any atom is 0.188 e. The fourth-order valence-electron chi connectivity index (χ4n) is 2.94. The fourth-order valence-corrected chi connectivity index (χ4v) is 2.94. The molecular weight excluding hydrogens is 252 g/mol. The molecule has 0 radical (unpaired) electrons. The van der Waals surface area contributed by atoms with Crippen LogP contribution in [0.2, 0.25) is 0 Å². The Labute approximate surface area is 120 Å². The van der Waals surface area contributed by atoms with Crippen LogP contribution in [0.25, 0.3) is 0 Å². The van der Waals surface area contributed by atoms with Gasteiger partial charge in [0, 0.05) is 13.1 Å². The minimum absolute atomic E-state index is 0.0509. The van der Waals surface area contributed by atoms with Gasteiger partial charge in [-0.15, -0.1) is 0 Å². The zero-order valence-corrected chi connectivity index (χ0v) is 12.3. The number of pyridine rings is 1. The van der Waals surface area contributed by atoms with Crippen molar-refractivity contribution in [3.05, 3.63) is 23.9 Å². The van der Waals surface area contributed by atoms with E-state index in [2.05, 4.69) is 29.0 Å². The van der Waals surface area contributed by atoms with Crippen molar-refractivity contribution in [2.24, 2.45) is 16.8 Å². The Hall–Kier alpha value is -1.78. The minimum Gasteiger partial charge on any atom is -0.409 e. The van der Waals surface area contributed by atoms with Gasteiger partial charge < -0.3 is 15.8 Å². The van der Waals surface area contributed by atoms with E-state index in [4.69, 9.17) is 10.9 Å². The molecule has 1 heterocycles. The third-order valence-corrected chi connectivity index (χ3v) is 4.41. The zero-order chi connectivity index (χ0) is 14.5. The van der Waals surface area contributed by atoms with Crippen molar-refractivity contribution in [3.63, 3.8) is 0 Å². The van der Waals surface area contributed by atoms with Gasteiger partial charge in [0.05, 0.1) is 0 Å². The van der Waals surface area contributed by atoms with Crippen LogP contribution in [0.4, 0.5) is 5.82 Å². The monoisotopic (exact) mass is 276 g/mol. The highest BCUT2D eigenvalue weighted by atomic mass is 16.4. The van der Waals surface area contributed by atoms with Crippen molar-refractivity contribution in [2.45, 2.75) is 45.1 Å². The molecule has 1 aromatic rings. The highest BCUT2D eigenvalue weighted by Gasteiger charge is 2.23. The van der Waals surface area contributed by atoms with Crippen molar-refractivity contribution >= 4 is 11.7 Å². The third-order valence-electron chi connectivity index (χ3n) is 4.41. The smallest absolute Gasteiger partial charge is 0.188 e. The number of amidine groups is 1.